The van der Waals surface area contributed by atoms with Crippen LogP contribution >= 0.6 is 11.6 Å². The van der Waals surface area contributed by atoms with Crippen molar-refractivity contribution in [1.82, 2.24) is 15.3 Å². The fourth-order valence-electron chi connectivity index (χ4n) is 3.24. The van der Waals surface area contributed by atoms with Gasteiger partial charge in [0.15, 0.2) is 0 Å². The van der Waals surface area contributed by atoms with Crippen LogP contribution in [0.1, 0.15) is 27.8 Å². The molecule has 7 nitrogen and oxygen atoms in total. The summed E-state index contributed by atoms with van der Waals surface area (Å²) in [5.41, 5.74) is 2.52. The molecular weight excluding hydrogens is 404 g/mol. The number of carbonyl (C=O) groups excluding carboxylic acids is 1. The molecule has 0 spiro atoms. The summed E-state index contributed by atoms with van der Waals surface area (Å²) in [6, 6.07) is 20.8. The second-order valence-corrected chi connectivity index (χ2v) is 7.19. The molecular formula is C22H17ClN4O3. The highest BCUT2D eigenvalue weighted by molar-refractivity contribution is 6.32. The van der Waals surface area contributed by atoms with E-state index in [-0.39, 0.29) is 16.3 Å². The number of fused-ring (bicyclic) bond motifs is 1. The lowest BCUT2D eigenvalue weighted by atomic mass is 10.0. The summed E-state index contributed by atoms with van der Waals surface area (Å²) in [5.74, 6) is 0.160. The van der Waals surface area contributed by atoms with Crippen molar-refractivity contribution in [3.63, 3.8) is 0 Å². The minimum atomic E-state index is -0.611. The molecule has 0 aliphatic carbocycles. The normalized spacial score (nSPS) is 11.9. The summed E-state index contributed by atoms with van der Waals surface area (Å²) in [6.45, 7) is 0. The number of carbonyl (C=O) groups is 1. The SMILES string of the molecule is O=C(N[C@@H](Cc1ccccc1)c1nc2ccccc2[nH]1)c1ccc(Cl)c([N+](=O)[O-])c1. The maximum absolute atomic E-state index is 12.9. The fraction of sp³-hybridized carbons (Fsp3) is 0.0909. The zero-order chi connectivity index (χ0) is 21.1. The van der Waals surface area contributed by atoms with Crippen LogP contribution in [0.4, 0.5) is 5.69 Å². The Morgan fingerprint density at radius 1 is 1.10 bits per heavy atom. The molecule has 3 aromatic carbocycles. The zero-order valence-electron chi connectivity index (χ0n) is 15.7. The number of aromatic nitrogens is 2. The van der Waals surface area contributed by atoms with Gasteiger partial charge in [-0.3, -0.25) is 14.9 Å². The van der Waals surface area contributed by atoms with Gasteiger partial charge in [0, 0.05) is 11.6 Å². The molecule has 1 aromatic heterocycles. The van der Waals surface area contributed by atoms with Crippen molar-refractivity contribution < 1.29 is 9.72 Å². The van der Waals surface area contributed by atoms with E-state index in [4.69, 9.17) is 11.6 Å². The van der Waals surface area contributed by atoms with Crippen LogP contribution < -0.4 is 5.32 Å². The van der Waals surface area contributed by atoms with Crippen molar-refractivity contribution in [3.05, 3.63) is 105 Å². The summed E-state index contributed by atoms with van der Waals surface area (Å²) >= 11 is 5.86. The van der Waals surface area contributed by atoms with E-state index in [1.54, 1.807) is 0 Å². The molecule has 0 aliphatic heterocycles. The van der Waals surface area contributed by atoms with E-state index in [9.17, 15) is 14.9 Å². The molecule has 4 aromatic rings. The average Bonchev–Trinajstić information content (AvgIpc) is 3.18. The third-order valence-corrected chi connectivity index (χ3v) is 5.05. The summed E-state index contributed by atoms with van der Waals surface area (Å²) in [4.78, 5) is 31.3. The Kier molecular flexibility index (Phi) is 5.45. The van der Waals surface area contributed by atoms with Gasteiger partial charge in [0.05, 0.1) is 22.0 Å². The molecule has 0 saturated carbocycles. The number of nitro benzene ring substituents is 1. The lowest BCUT2D eigenvalue weighted by Gasteiger charge is -2.17. The number of amides is 1. The van der Waals surface area contributed by atoms with Crippen LogP contribution in [0, 0.1) is 10.1 Å². The van der Waals surface area contributed by atoms with Gasteiger partial charge in [0.25, 0.3) is 11.6 Å². The maximum atomic E-state index is 12.9. The number of nitrogens with zero attached hydrogens (tertiary/aromatic N) is 2. The van der Waals surface area contributed by atoms with Crippen molar-refractivity contribution in [3.8, 4) is 0 Å². The predicted molar refractivity (Wildman–Crippen MR) is 115 cm³/mol. The molecule has 0 aliphatic rings. The van der Waals surface area contributed by atoms with E-state index in [1.807, 2.05) is 54.6 Å². The van der Waals surface area contributed by atoms with Gasteiger partial charge in [0.1, 0.15) is 10.8 Å². The Bertz CT molecular complexity index is 1190. The number of hydrogen-bond donors (Lipinski definition) is 2. The Morgan fingerprint density at radius 2 is 1.83 bits per heavy atom. The maximum Gasteiger partial charge on any atom is 0.288 e. The van der Waals surface area contributed by atoms with Gasteiger partial charge in [-0.1, -0.05) is 54.1 Å². The molecule has 150 valence electrons. The molecule has 1 atom stereocenters. The van der Waals surface area contributed by atoms with Crippen molar-refractivity contribution >= 4 is 34.2 Å². The molecule has 8 heteroatoms. The van der Waals surface area contributed by atoms with Gasteiger partial charge in [-0.05, 0) is 36.2 Å². The van der Waals surface area contributed by atoms with Crippen molar-refractivity contribution in [2.75, 3.05) is 0 Å². The monoisotopic (exact) mass is 420 g/mol. The first-order chi connectivity index (χ1) is 14.5. The number of rotatable bonds is 6. The molecule has 2 N–H and O–H groups in total. The van der Waals surface area contributed by atoms with E-state index in [2.05, 4.69) is 15.3 Å². The standard InChI is InChI=1S/C22H17ClN4O3/c23-16-11-10-15(13-20(16)27(29)30)22(28)26-19(12-14-6-2-1-3-7-14)21-24-17-8-4-5-9-18(17)25-21/h1-11,13,19H,12H2,(H,24,25)(H,26,28)/t19-/m0/s1. The van der Waals surface area contributed by atoms with Gasteiger partial charge in [-0.2, -0.15) is 0 Å². The largest absolute Gasteiger partial charge is 0.342 e. The number of halogens is 1. The van der Waals surface area contributed by atoms with Crippen molar-refractivity contribution in [2.45, 2.75) is 12.5 Å². The lowest BCUT2D eigenvalue weighted by Crippen LogP contribution is -2.30. The highest BCUT2D eigenvalue weighted by Gasteiger charge is 2.22. The smallest absolute Gasteiger partial charge is 0.288 e. The summed E-state index contributed by atoms with van der Waals surface area (Å²) in [6.07, 6.45) is 0.502. The third-order valence-electron chi connectivity index (χ3n) is 4.73. The van der Waals surface area contributed by atoms with Crippen LogP contribution in [0.15, 0.2) is 72.8 Å². The fourth-order valence-corrected chi connectivity index (χ4v) is 3.43. The lowest BCUT2D eigenvalue weighted by molar-refractivity contribution is -0.384. The van der Waals surface area contributed by atoms with Crippen molar-refractivity contribution in [1.29, 1.82) is 0 Å². The minimum absolute atomic E-state index is 0.0188. The van der Waals surface area contributed by atoms with Crippen LogP contribution in [0.2, 0.25) is 5.02 Å². The average molecular weight is 421 g/mol. The van der Waals surface area contributed by atoms with E-state index in [1.165, 1.54) is 18.2 Å². The highest BCUT2D eigenvalue weighted by atomic mass is 35.5. The molecule has 1 heterocycles. The Morgan fingerprint density at radius 3 is 2.57 bits per heavy atom. The van der Waals surface area contributed by atoms with Gasteiger partial charge in [-0.15, -0.1) is 0 Å². The van der Waals surface area contributed by atoms with Crippen molar-refractivity contribution in [2.24, 2.45) is 0 Å². The zero-order valence-corrected chi connectivity index (χ0v) is 16.5. The van der Waals surface area contributed by atoms with Crippen LogP contribution in [0.25, 0.3) is 11.0 Å². The topological polar surface area (TPSA) is 101 Å². The number of nitrogens with one attached hydrogen (secondary N) is 2. The number of benzene rings is 3. The number of nitro groups is 1. The van der Waals surface area contributed by atoms with Gasteiger partial charge in [0.2, 0.25) is 0 Å². The number of imidazole rings is 1. The molecule has 1 amide bonds. The van der Waals surface area contributed by atoms with E-state index in [0.29, 0.717) is 12.2 Å². The first kappa shape index (κ1) is 19.6. The molecule has 0 saturated heterocycles. The van der Waals surface area contributed by atoms with Crippen LogP contribution in [0.5, 0.6) is 0 Å². The van der Waals surface area contributed by atoms with Crippen LogP contribution in [0.3, 0.4) is 0 Å². The number of aromatic amines is 1. The van der Waals surface area contributed by atoms with E-state index >= 15 is 0 Å². The molecule has 0 fully saturated rings. The van der Waals surface area contributed by atoms with Gasteiger partial charge in [-0.25, -0.2) is 4.98 Å². The van der Waals surface area contributed by atoms with E-state index in [0.717, 1.165) is 16.6 Å². The number of hydrogen-bond acceptors (Lipinski definition) is 4. The molecule has 30 heavy (non-hydrogen) atoms. The predicted octanol–water partition coefficient (Wildman–Crippen LogP) is 4.84. The van der Waals surface area contributed by atoms with E-state index < -0.39 is 16.9 Å². The second kappa shape index (κ2) is 8.34. The molecule has 0 radical (unpaired) electrons. The summed E-state index contributed by atoms with van der Waals surface area (Å²) in [7, 11) is 0. The Labute approximate surface area is 176 Å². The number of H-pyrrole nitrogens is 1. The van der Waals surface area contributed by atoms with Crippen LogP contribution in [-0.4, -0.2) is 20.8 Å². The van der Waals surface area contributed by atoms with Gasteiger partial charge < -0.3 is 10.3 Å². The van der Waals surface area contributed by atoms with Gasteiger partial charge >= 0.3 is 0 Å². The Balaban J connectivity index is 1.66. The first-order valence-electron chi connectivity index (χ1n) is 9.24. The third kappa shape index (κ3) is 4.16. The summed E-state index contributed by atoms with van der Waals surface area (Å²) in [5, 5.41) is 14.1. The number of para-hydroxylation sites is 2. The highest BCUT2D eigenvalue weighted by Crippen LogP contribution is 2.26. The Hall–Kier alpha value is -3.71. The second-order valence-electron chi connectivity index (χ2n) is 6.78. The van der Waals surface area contributed by atoms with Crippen LogP contribution in [-0.2, 0) is 6.42 Å². The molecule has 0 unspecified atom stereocenters. The first-order valence-corrected chi connectivity index (χ1v) is 9.62. The molecule has 0 bridgehead atoms. The minimum Gasteiger partial charge on any atom is -0.342 e. The summed E-state index contributed by atoms with van der Waals surface area (Å²) < 4.78 is 0. The molecule has 4 rings (SSSR count). The quantitative estimate of drug-likeness (QED) is 0.344.